The Morgan fingerprint density at radius 3 is 1.63 bits per heavy atom. The Labute approximate surface area is 337 Å². The van der Waals surface area contributed by atoms with Crippen LogP contribution in [0.1, 0.15) is 0 Å². The van der Waals surface area contributed by atoms with Crippen LogP contribution in [-0.2, 0) is 0 Å². The summed E-state index contributed by atoms with van der Waals surface area (Å²) < 4.78 is 22.6. The molecule has 0 radical (unpaired) electrons. The maximum atomic E-state index is 6.97. The average molecular weight is 757 g/mol. The van der Waals surface area contributed by atoms with Gasteiger partial charge >= 0.3 is 0 Å². The van der Waals surface area contributed by atoms with E-state index in [9.17, 15) is 0 Å². The van der Waals surface area contributed by atoms with Crippen molar-refractivity contribution in [1.82, 2.24) is 4.57 Å². The third-order valence-corrected chi connectivity index (χ3v) is 12.0. The van der Waals surface area contributed by atoms with Gasteiger partial charge in [-0.15, -0.1) is 0 Å². The van der Waals surface area contributed by atoms with Crippen LogP contribution in [0.2, 0.25) is 0 Å². The maximum absolute atomic E-state index is 6.97. The van der Waals surface area contributed by atoms with Gasteiger partial charge in [0, 0.05) is 43.6 Å². The minimum Gasteiger partial charge on any atom is -0.456 e. The maximum Gasteiger partial charge on any atom is 0.159 e. The Bertz CT molecular complexity index is 3770. The smallest absolute Gasteiger partial charge is 0.159 e. The number of aromatic nitrogens is 1. The van der Waals surface area contributed by atoms with Gasteiger partial charge in [-0.25, -0.2) is 0 Å². The zero-order chi connectivity index (χ0) is 38.6. The summed E-state index contributed by atoms with van der Waals surface area (Å²) in [4.78, 5) is 2.34. The number of furan rings is 3. The first-order valence-electron chi connectivity index (χ1n) is 19.9. The number of benzene rings is 9. The molecule has 4 aromatic heterocycles. The molecule has 0 aliphatic rings. The minimum absolute atomic E-state index is 0.808. The van der Waals surface area contributed by atoms with Crippen LogP contribution in [0.15, 0.2) is 207 Å². The van der Waals surface area contributed by atoms with E-state index in [0.717, 1.165) is 99.7 Å². The molecular formula is C54H32N2O3. The zero-order valence-corrected chi connectivity index (χ0v) is 31.6. The molecule has 0 saturated carbocycles. The number of anilines is 3. The van der Waals surface area contributed by atoms with Crippen molar-refractivity contribution in [3.05, 3.63) is 194 Å². The lowest BCUT2D eigenvalue weighted by Crippen LogP contribution is -2.11. The zero-order valence-electron chi connectivity index (χ0n) is 31.6. The van der Waals surface area contributed by atoms with Gasteiger partial charge < -0.3 is 22.7 Å². The summed E-state index contributed by atoms with van der Waals surface area (Å²) >= 11 is 0. The van der Waals surface area contributed by atoms with E-state index in [1.807, 2.05) is 30.3 Å². The van der Waals surface area contributed by atoms with Crippen molar-refractivity contribution >= 4 is 105 Å². The fourth-order valence-corrected chi connectivity index (χ4v) is 9.48. The van der Waals surface area contributed by atoms with E-state index in [1.165, 1.54) is 21.8 Å². The largest absolute Gasteiger partial charge is 0.456 e. The monoisotopic (exact) mass is 756 g/mol. The molecule has 0 saturated heterocycles. The van der Waals surface area contributed by atoms with E-state index in [0.29, 0.717) is 0 Å². The van der Waals surface area contributed by atoms with Crippen molar-refractivity contribution in [3.8, 4) is 16.8 Å². The molecule has 5 nitrogen and oxygen atoms in total. The SMILES string of the molecule is c1cc(-c2ccc(N(c3cccc4c3oc3ccccc34)c3cccc4oc5ccccc5c34)c3c2oc2ccccc23)cc(-n2c3ccccc3c3ccccc32)c1. The molecule has 0 bridgehead atoms. The van der Waals surface area contributed by atoms with Crippen molar-refractivity contribution in [2.24, 2.45) is 0 Å². The number of hydrogen-bond acceptors (Lipinski definition) is 4. The third-order valence-electron chi connectivity index (χ3n) is 12.0. The van der Waals surface area contributed by atoms with Gasteiger partial charge in [0.25, 0.3) is 0 Å². The van der Waals surface area contributed by atoms with Crippen LogP contribution in [0, 0.1) is 0 Å². The van der Waals surface area contributed by atoms with Gasteiger partial charge in [-0.3, -0.25) is 0 Å². The first-order valence-corrected chi connectivity index (χ1v) is 19.9. The minimum atomic E-state index is 0.808. The lowest BCUT2D eigenvalue weighted by Gasteiger charge is -2.27. The fourth-order valence-electron chi connectivity index (χ4n) is 9.48. The molecule has 0 aliphatic heterocycles. The molecule has 0 N–H and O–H groups in total. The van der Waals surface area contributed by atoms with Crippen LogP contribution in [0.3, 0.4) is 0 Å². The number of rotatable bonds is 5. The summed E-state index contributed by atoms with van der Waals surface area (Å²) in [6.07, 6.45) is 0. The van der Waals surface area contributed by atoms with Gasteiger partial charge in [0.1, 0.15) is 27.9 Å². The Balaban J connectivity index is 1.11. The van der Waals surface area contributed by atoms with Crippen LogP contribution in [0.25, 0.3) is 104 Å². The van der Waals surface area contributed by atoms with Crippen molar-refractivity contribution in [3.63, 3.8) is 0 Å². The Hall–Kier alpha value is -8.02. The predicted molar refractivity (Wildman–Crippen MR) is 243 cm³/mol. The molecule has 9 aromatic carbocycles. The van der Waals surface area contributed by atoms with E-state index in [-0.39, 0.29) is 0 Å². The average Bonchev–Trinajstić information content (AvgIpc) is 4.06. The van der Waals surface area contributed by atoms with Gasteiger partial charge in [0.05, 0.1) is 38.9 Å². The van der Waals surface area contributed by atoms with Crippen LogP contribution >= 0.6 is 0 Å². The predicted octanol–water partition coefficient (Wildman–Crippen LogP) is 15.6. The second-order valence-electron chi connectivity index (χ2n) is 15.2. The number of para-hydroxylation sites is 6. The van der Waals surface area contributed by atoms with Crippen LogP contribution < -0.4 is 4.90 Å². The van der Waals surface area contributed by atoms with Gasteiger partial charge in [-0.05, 0) is 78.4 Å². The van der Waals surface area contributed by atoms with Crippen LogP contribution in [0.4, 0.5) is 17.1 Å². The lowest BCUT2D eigenvalue weighted by atomic mass is 9.98. The Kier molecular flexibility index (Phi) is 6.66. The highest BCUT2D eigenvalue weighted by Crippen LogP contribution is 2.51. The Morgan fingerprint density at radius 2 is 0.864 bits per heavy atom. The quantitative estimate of drug-likeness (QED) is 0.175. The first-order chi connectivity index (χ1) is 29.3. The van der Waals surface area contributed by atoms with Gasteiger partial charge in [-0.1, -0.05) is 121 Å². The lowest BCUT2D eigenvalue weighted by molar-refractivity contribution is 0.668. The molecule has 13 aromatic rings. The summed E-state index contributed by atoms with van der Waals surface area (Å²) in [7, 11) is 0. The molecule has 0 amide bonds. The third kappa shape index (κ3) is 4.61. The molecule has 276 valence electrons. The summed E-state index contributed by atoms with van der Waals surface area (Å²) in [6, 6.07) is 68.2. The highest BCUT2D eigenvalue weighted by molar-refractivity contribution is 6.22. The molecule has 5 heteroatoms. The Morgan fingerprint density at radius 1 is 0.339 bits per heavy atom. The molecule has 0 fully saturated rings. The van der Waals surface area contributed by atoms with Crippen molar-refractivity contribution < 1.29 is 13.3 Å². The second-order valence-corrected chi connectivity index (χ2v) is 15.2. The summed E-state index contributed by atoms with van der Waals surface area (Å²) in [6.45, 7) is 0. The number of hydrogen-bond donors (Lipinski definition) is 0. The highest BCUT2D eigenvalue weighted by Gasteiger charge is 2.27. The molecule has 0 aliphatic carbocycles. The number of fused-ring (bicyclic) bond motifs is 12. The molecule has 4 heterocycles. The standard InChI is InChI=1S/C54H32N2O3/c1-6-22-42-36(16-1)37-17-2-7-23-43(37)55(42)34-15-11-14-33(32-34)35-30-31-45(52-41-20-5-10-28-49(41)59-54(35)52)56(44-24-13-29-50-51(44)40-19-4-9-27-48(40)57-50)46-25-12-21-39-38-18-3-8-26-47(38)58-53(39)46/h1-32H. The molecule has 0 spiro atoms. The summed E-state index contributed by atoms with van der Waals surface area (Å²) in [5.41, 5.74) is 13.3. The fraction of sp³-hybridized carbons (Fsp3) is 0. The van der Waals surface area contributed by atoms with Gasteiger partial charge in [0.2, 0.25) is 0 Å². The van der Waals surface area contributed by atoms with Crippen molar-refractivity contribution in [2.75, 3.05) is 4.90 Å². The second kappa shape index (κ2) is 12.2. The topological polar surface area (TPSA) is 47.6 Å². The van der Waals surface area contributed by atoms with Crippen molar-refractivity contribution in [1.29, 1.82) is 0 Å². The first kappa shape index (κ1) is 32.1. The van der Waals surface area contributed by atoms with Crippen LogP contribution in [-0.4, -0.2) is 4.57 Å². The van der Waals surface area contributed by atoms with E-state index in [2.05, 4.69) is 173 Å². The normalized spacial score (nSPS) is 12.1. The summed E-state index contributed by atoms with van der Waals surface area (Å²) in [5, 5.41) is 8.72. The highest BCUT2D eigenvalue weighted by atomic mass is 16.3. The van der Waals surface area contributed by atoms with Crippen molar-refractivity contribution in [2.45, 2.75) is 0 Å². The molecule has 0 unspecified atom stereocenters. The summed E-state index contributed by atoms with van der Waals surface area (Å²) in [5.74, 6) is 0. The van der Waals surface area contributed by atoms with E-state index in [1.54, 1.807) is 0 Å². The van der Waals surface area contributed by atoms with Gasteiger partial charge in [-0.2, -0.15) is 0 Å². The molecular weight excluding hydrogens is 725 g/mol. The molecule has 59 heavy (non-hydrogen) atoms. The van der Waals surface area contributed by atoms with Crippen LogP contribution in [0.5, 0.6) is 0 Å². The van der Waals surface area contributed by atoms with E-state index >= 15 is 0 Å². The molecule has 13 rings (SSSR count). The van der Waals surface area contributed by atoms with E-state index < -0.39 is 0 Å². The number of nitrogens with zero attached hydrogens (tertiary/aromatic N) is 2. The van der Waals surface area contributed by atoms with E-state index in [4.69, 9.17) is 13.3 Å². The van der Waals surface area contributed by atoms with Gasteiger partial charge in [0.15, 0.2) is 5.58 Å². The molecule has 0 atom stereocenters.